The van der Waals surface area contributed by atoms with E-state index in [2.05, 4.69) is 41.5 Å². The van der Waals surface area contributed by atoms with Gasteiger partial charge in [-0.1, -0.05) is 5.57 Å². The van der Waals surface area contributed by atoms with Crippen LogP contribution >= 0.6 is 0 Å². The fourth-order valence-electron chi connectivity index (χ4n) is 2.40. The molecule has 0 aliphatic carbocycles. The van der Waals surface area contributed by atoms with Crippen molar-refractivity contribution < 1.29 is 9.47 Å². The molecule has 0 saturated carbocycles. The molecule has 0 saturated heterocycles. The van der Waals surface area contributed by atoms with Gasteiger partial charge in [-0.3, -0.25) is 0 Å². The van der Waals surface area contributed by atoms with Gasteiger partial charge in [0.2, 0.25) is 6.79 Å². The van der Waals surface area contributed by atoms with Gasteiger partial charge in [0.05, 0.1) is 0 Å². The molecule has 2 rings (SSSR count). The lowest BCUT2D eigenvalue weighted by Gasteiger charge is -2.17. The molecule has 1 aliphatic heterocycles. The van der Waals surface area contributed by atoms with Gasteiger partial charge in [-0.15, -0.1) is 0 Å². The van der Waals surface area contributed by atoms with E-state index in [9.17, 15) is 0 Å². The Labute approximate surface area is 103 Å². The van der Waals surface area contributed by atoms with E-state index < -0.39 is 0 Å². The van der Waals surface area contributed by atoms with Crippen LogP contribution in [0.4, 0.5) is 0 Å². The number of rotatable bonds is 1. The third-order valence-electron chi connectivity index (χ3n) is 3.73. The predicted molar refractivity (Wildman–Crippen MR) is 70.7 cm³/mol. The van der Waals surface area contributed by atoms with Gasteiger partial charge in [-0.25, -0.2) is 0 Å². The summed E-state index contributed by atoms with van der Waals surface area (Å²) in [4.78, 5) is 0. The Morgan fingerprint density at radius 2 is 1.35 bits per heavy atom. The molecule has 2 heteroatoms. The quantitative estimate of drug-likeness (QED) is 0.724. The van der Waals surface area contributed by atoms with Crippen LogP contribution < -0.4 is 9.47 Å². The Morgan fingerprint density at radius 3 is 1.88 bits per heavy atom. The minimum atomic E-state index is 0.341. The molecule has 1 aromatic rings. The van der Waals surface area contributed by atoms with E-state index in [1.54, 1.807) is 0 Å². The molecule has 0 amide bonds. The Kier molecular flexibility index (Phi) is 2.90. The largest absolute Gasteiger partial charge is 0.453 e. The van der Waals surface area contributed by atoms with Gasteiger partial charge in [0.25, 0.3) is 0 Å². The van der Waals surface area contributed by atoms with Crippen molar-refractivity contribution in [2.24, 2.45) is 0 Å². The molecule has 1 aliphatic rings. The molecule has 0 N–H and O–H groups in total. The lowest BCUT2D eigenvalue weighted by Crippen LogP contribution is -1.97. The first-order valence-electron chi connectivity index (χ1n) is 5.99. The lowest BCUT2D eigenvalue weighted by atomic mass is 9.90. The second-order valence-electron chi connectivity index (χ2n) is 4.94. The Morgan fingerprint density at radius 1 is 0.824 bits per heavy atom. The molecule has 0 spiro atoms. The van der Waals surface area contributed by atoms with Crippen molar-refractivity contribution >= 4 is 5.57 Å². The summed E-state index contributed by atoms with van der Waals surface area (Å²) in [6, 6.07) is 0. The third-order valence-corrected chi connectivity index (χ3v) is 3.73. The fourth-order valence-corrected chi connectivity index (χ4v) is 2.40. The van der Waals surface area contributed by atoms with E-state index in [0.29, 0.717) is 6.79 Å². The number of hydrogen-bond donors (Lipinski definition) is 0. The van der Waals surface area contributed by atoms with Gasteiger partial charge in [0.15, 0.2) is 11.5 Å². The zero-order valence-corrected chi connectivity index (χ0v) is 11.5. The van der Waals surface area contributed by atoms with Crippen molar-refractivity contribution in [3.8, 4) is 11.5 Å². The summed E-state index contributed by atoms with van der Waals surface area (Å²) >= 11 is 0. The number of fused-ring (bicyclic) bond motifs is 1. The number of allylic oxidation sites excluding steroid dienone is 2. The minimum absolute atomic E-state index is 0.341. The van der Waals surface area contributed by atoms with Crippen molar-refractivity contribution in [2.75, 3.05) is 6.79 Å². The molecular formula is C15H20O2. The van der Waals surface area contributed by atoms with Crippen LogP contribution in [0.15, 0.2) is 5.57 Å². The average Bonchev–Trinajstić information content (AvgIpc) is 2.75. The van der Waals surface area contributed by atoms with Crippen LogP contribution in [-0.4, -0.2) is 6.79 Å². The molecule has 0 fully saturated rings. The maximum atomic E-state index is 5.59. The number of ether oxygens (including phenoxy) is 2. The van der Waals surface area contributed by atoms with Crippen LogP contribution in [0, 0.1) is 20.8 Å². The van der Waals surface area contributed by atoms with Gasteiger partial charge in [-0.05, 0) is 63.8 Å². The molecule has 1 aromatic carbocycles. The molecule has 0 aromatic heterocycles. The van der Waals surface area contributed by atoms with E-state index >= 15 is 0 Å². The van der Waals surface area contributed by atoms with Crippen molar-refractivity contribution in [3.63, 3.8) is 0 Å². The first-order valence-corrected chi connectivity index (χ1v) is 5.99. The van der Waals surface area contributed by atoms with Gasteiger partial charge >= 0.3 is 0 Å². The van der Waals surface area contributed by atoms with Crippen molar-refractivity contribution in [1.82, 2.24) is 0 Å². The predicted octanol–water partition coefficient (Wildman–Crippen LogP) is 4.15. The van der Waals surface area contributed by atoms with Gasteiger partial charge in [-0.2, -0.15) is 0 Å². The smallest absolute Gasteiger partial charge is 0.231 e. The zero-order chi connectivity index (χ0) is 12.7. The van der Waals surface area contributed by atoms with Crippen LogP contribution in [-0.2, 0) is 0 Å². The average molecular weight is 232 g/mol. The van der Waals surface area contributed by atoms with Crippen LogP contribution in [0.3, 0.4) is 0 Å². The van der Waals surface area contributed by atoms with Crippen molar-refractivity contribution in [1.29, 1.82) is 0 Å². The van der Waals surface area contributed by atoms with Gasteiger partial charge in [0.1, 0.15) is 0 Å². The molecule has 0 bridgehead atoms. The summed E-state index contributed by atoms with van der Waals surface area (Å²) in [5, 5.41) is 0. The zero-order valence-electron chi connectivity index (χ0n) is 11.5. The van der Waals surface area contributed by atoms with Crippen LogP contribution in [0.25, 0.3) is 5.57 Å². The van der Waals surface area contributed by atoms with Crippen LogP contribution in [0.1, 0.15) is 43.0 Å². The minimum Gasteiger partial charge on any atom is -0.453 e. The first kappa shape index (κ1) is 12.0. The maximum absolute atomic E-state index is 5.59. The molecular weight excluding hydrogens is 212 g/mol. The highest BCUT2D eigenvalue weighted by Crippen LogP contribution is 2.44. The molecule has 0 radical (unpaired) electrons. The SMILES string of the molecule is CC(C)=C(C)c1c(C)c(C)c2c(c1C)OCO2. The molecule has 92 valence electrons. The molecule has 1 heterocycles. The molecule has 17 heavy (non-hydrogen) atoms. The summed E-state index contributed by atoms with van der Waals surface area (Å²) in [7, 11) is 0. The summed E-state index contributed by atoms with van der Waals surface area (Å²) in [6.07, 6.45) is 0. The second-order valence-corrected chi connectivity index (χ2v) is 4.94. The second kappa shape index (κ2) is 4.10. The highest BCUT2D eigenvalue weighted by Gasteiger charge is 2.24. The van der Waals surface area contributed by atoms with E-state index in [1.807, 2.05) is 0 Å². The van der Waals surface area contributed by atoms with Crippen molar-refractivity contribution in [3.05, 3.63) is 27.8 Å². The highest BCUT2D eigenvalue weighted by molar-refractivity contribution is 5.77. The molecule has 2 nitrogen and oxygen atoms in total. The summed E-state index contributed by atoms with van der Waals surface area (Å²) in [5.41, 5.74) is 7.67. The Balaban J connectivity index is 2.78. The standard InChI is InChI=1S/C15H20O2/c1-8(2)9(3)13-10(4)11(5)14-15(12(13)6)17-7-16-14/h7H2,1-6H3. The normalized spacial score (nSPS) is 12.8. The fraction of sp³-hybridized carbons (Fsp3) is 0.467. The highest BCUT2D eigenvalue weighted by atomic mass is 16.7. The third kappa shape index (κ3) is 1.72. The van der Waals surface area contributed by atoms with Crippen LogP contribution in [0.5, 0.6) is 11.5 Å². The van der Waals surface area contributed by atoms with E-state index in [4.69, 9.17) is 9.47 Å². The monoisotopic (exact) mass is 232 g/mol. The molecule has 0 unspecified atom stereocenters. The van der Waals surface area contributed by atoms with Crippen LogP contribution in [0.2, 0.25) is 0 Å². The van der Waals surface area contributed by atoms with E-state index in [-0.39, 0.29) is 0 Å². The molecule has 0 atom stereocenters. The topological polar surface area (TPSA) is 18.5 Å². The van der Waals surface area contributed by atoms with E-state index in [0.717, 1.165) is 11.5 Å². The van der Waals surface area contributed by atoms with Crippen molar-refractivity contribution in [2.45, 2.75) is 41.5 Å². The Bertz CT molecular complexity index is 506. The van der Waals surface area contributed by atoms with Gasteiger partial charge < -0.3 is 9.47 Å². The first-order chi connectivity index (χ1) is 7.95. The Hall–Kier alpha value is -1.44. The summed E-state index contributed by atoms with van der Waals surface area (Å²) < 4.78 is 11.1. The van der Waals surface area contributed by atoms with E-state index in [1.165, 1.54) is 33.4 Å². The van der Waals surface area contributed by atoms with Gasteiger partial charge in [0, 0.05) is 5.56 Å². The number of benzene rings is 1. The maximum Gasteiger partial charge on any atom is 0.231 e. The lowest BCUT2D eigenvalue weighted by molar-refractivity contribution is 0.173. The summed E-state index contributed by atoms with van der Waals surface area (Å²) in [5.74, 6) is 1.84. The number of hydrogen-bond acceptors (Lipinski definition) is 2. The summed E-state index contributed by atoms with van der Waals surface area (Å²) in [6.45, 7) is 13.2.